The van der Waals surface area contributed by atoms with Crippen molar-refractivity contribution in [1.82, 2.24) is 25.1 Å². The number of aromatic nitrogens is 5. The average molecular weight is 359 g/mol. The molecule has 1 aromatic carbocycles. The Kier molecular flexibility index (Phi) is 3.60. The summed E-state index contributed by atoms with van der Waals surface area (Å²) >= 11 is 0. The second-order valence-electron chi connectivity index (χ2n) is 7.16. The summed E-state index contributed by atoms with van der Waals surface area (Å²) in [4.78, 5) is 12.1. The molecular weight excluding hydrogens is 338 g/mol. The zero-order valence-electron chi connectivity index (χ0n) is 15.0. The van der Waals surface area contributed by atoms with Crippen LogP contribution in [0, 0.1) is 0 Å². The van der Waals surface area contributed by atoms with Gasteiger partial charge in [0.15, 0.2) is 0 Å². The molecule has 136 valence electrons. The molecule has 0 spiro atoms. The van der Waals surface area contributed by atoms with E-state index in [4.69, 9.17) is 5.73 Å². The zero-order chi connectivity index (χ0) is 18.4. The van der Waals surface area contributed by atoms with Crippen LogP contribution in [0.3, 0.4) is 0 Å². The number of nitrogens with two attached hydrogens (primary N) is 1. The molecule has 1 fully saturated rings. The summed E-state index contributed by atoms with van der Waals surface area (Å²) in [5, 5.41) is 11.9. The van der Waals surface area contributed by atoms with E-state index in [9.17, 15) is 0 Å². The molecule has 5 rings (SSSR count). The van der Waals surface area contributed by atoms with Gasteiger partial charge >= 0.3 is 0 Å². The van der Waals surface area contributed by atoms with E-state index in [2.05, 4.69) is 67.7 Å². The minimum absolute atomic E-state index is 0.0585. The molecule has 7 heteroatoms. The van der Waals surface area contributed by atoms with Gasteiger partial charge in [-0.25, -0.2) is 4.98 Å². The van der Waals surface area contributed by atoms with Crippen LogP contribution in [0.4, 0.5) is 11.8 Å². The first-order valence-corrected chi connectivity index (χ1v) is 9.19. The number of nitrogens with zero attached hydrogens (tertiary/aromatic N) is 3. The lowest BCUT2D eigenvalue weighted by Gasteiger charge is -2.15. The summed E-state index contributed by atoms with van der Waals surface area (Å²) in [6.45, 7) is 2.08. The van der Waals surface area contributed by atoms with E-state index >= 15 is 0 Å². The van der Waals surface area contributed by atoms with Crippen molar-refractivity contribution >= 4 is 22.7 Å². The molecule has 1 saturated carbocycles. The Bertz CT molecular complexity index is 1110. The summed E-state index contributed by atoms with van der Waals surface area (Å²) in [6, 6.07) is 10.5. The monoisotopic (exact) mass is 359 g/mol. The van der Waals surface area contributed by atoms with Gasteiger partial charge in [-0.15, -0.1) is 0 Å². The quantitative estimate of drug-likeness (QED) is 0.431. The number of fused-ring (bicyclic) bond motifs is 1. The zero-order valence-corrected chi connectivity index (χ0v) is 15.0. The van der Waals surface area contributed by atoms with E-state index in [-0.39, 0.29) is 6.04 Å². The van der Waals surface area contributed by atoms with Gasteiger partial charge < -0.3 is 16.0 Å². The van der Waals surface area contributed by atoms with E-state index in [0.29, 0.717) is 17.7 Å². The minimum Gasteiger partial charge on any atom is -0.383 e. The van der Waals surface area contributed by atoms with Crippen molar-refractivity contribution in [3.8, 4) is 11.3 Å². The largest absolute Gasteiger partial charge is 0.383 e. The summed E-state index contributed by atoms with van der Waals surface area (Å²) in [7, 11) is 0. The molecule has 3 aromatic heterocycles. The lowest BCUT2D eigenvalue weighted by Crippen LogP contribution is -2.10. The van der Waals surface area contributed by atoms with Crippen LogP contribution in [0.2, 0.25) is 0 Å². The van der Waals surface area contributed by atoms with Crippen molar-refractivity contribution in [1.29, 1.82) is 0 Å². The van der Waals surface area contributed by atoms with Crippen molar-refractivity contribution < 1.29 is 0 Å². The molecular formula is C20H21N7. The number of benzene rings is 1. The normalized spacial score (nSPS) is 15.1. The maximum Gasteiger partial charge on any atom is 0.225 e. The first-order chi connectivity index (χ1) is 13.2. The second-order valence-corrected chi connectivity index (χ2v) is 7.16. The van der Waals surface area contributed by atoms with Crippen LogP contribution in [0.1, 0.15) is 43.0 Å². The van der Waals surface area contributed by atoms with Crippen LogP contribution in [-0.4, -0.2) is 25.1 Å². The fourth-order valence-electron chi connectivity index (χ4n) is 3.35. The number of rotatable bonds is 5. The van der Waals surface area contributed by atoms with E-state index in [1.807, 2.05) is 6.20 Å². The van der Waals surface area contributed by atoms with Crippen LogP contribution in [-0.2, 0) is 0 Å². The molecule has 1 aliphatic rings. The number of aromatic amines is 2. The minimum atomic E-state index is 0.0585. The van der Waals surface area contributed by atoms with Crippen LogP contribution >= 0.6 is 0 Å². The van der Waals surface area contributed by atoms with Gasteiger partial charge in [0.2, 0.25) is 5.95 Å². The fraction of sp³-hybridized carbons (Fsp3) is 0.250. The first-order valence-electron chi connectivity index (χ1n) is 9.19. The van der Waals surface area contributed by atoms with Crippen molar-refractivity contribution in [2.45, 2.75) is 31.7 Å². The first kappa shape index (κ1) is 15.9. The van der Waals surface area contributed by atoms with E-state index in [0.717, 1.165) is 28.0 Å². The van der Waals surface area contributed by atoms with Gasteiger partial charge in [0.25, 0.3) is 0 Å². The standard InChI is InChI=1S/C20H21N7/c1-11(13-4-5-16-14(8-13)6-7-22-16)24-20-23-10-15(19(21)25-20)18-9-17(26-27-18)12-2-3-12/h4-12,22H,2-3H2,1H3,(H,26,27)(H3,21,23,24,25)/t11-/m1/s1. The molecule has 3 heterocycles. The highest BCUT2D eigenvalue weighted by molar-refractivity contribution is 5.80. The Morgan fingerprint density at radius 3 is 2.93 bits per heavy atom. The molecule has 0 unspecified atom stereocenters. The Morgan fingerprint density at radius 1 is 1.22 bits per heavy atom. The van der Waals surface area contributed by atoms with Gasteiger partial charge in [-0.1, -0.05) is 6.07 Å². The van der Waals surface area contributed by atoms with Gasteiger partial charge in [0.1, 0.15) is 5.82 Å². The third-order valence-electron chi connectivity index (χ3n) is 5.12. The maximum absolute atomic E-state index is 6.19. The Balaban J connectivity index is 1.36. The topological polar surface area (TPSA) is 108 Å². The van der Waals surface area contributed by atoms with E-state index in [1.165, 1.54) is 18.2 Å². The van der Waals surface area contributed by atoms with E-state index < -0.39 is 0 Å². The molecule has 1 atom stereocenters. The van der Waals surface area contributed by atoms with Crippen molar-refractivity contribution in [3.63, 3.8) is 0 Å². The van der Waals surface area contributed by atoms with Gasteiger partial charge in [-0.2, -0.15) is 10.1 Å². The number of hydrogen-bond donors (Lipinski definition) is 4. The highest BCUT2D eigenvalue weighted by Gasteiger charge is 2.26. The number of nitrogen functional groups attached to an aromatic ring is 1. The van der Waals surface area contributed by atoms with E-state index in [1.54, 1.807) is 6.20 Å². The van der Waals surface area contributed by atoms with Crippen LogP contribution in [0.25, 0.3) is 22.2 Å². The highest BCUT2D eigenvalue weighted by atomic mass is 15.1. The predicted octanol–water partition coefficient (Wildman–Crippen LogP) is 3.98. The van der Waals surface area contributed by atoms with Gasteiger partial charge in [-0.05, 0) is 55.0 Å². The molecule has 4 aromatic rings. The summed E-state index contributed by atoms with van der Waals surface area (Å²) in [6.07, 6.45) is 6.12. The van der Waals surface area contributed by atoms with Crippen LogP contribution in [0.15, 0.2) is 42.7 Å². The molecule has 0 saturated heterocycles. The molecule has 27 heavy (non-hydrogen) atoms. The van der Waals surface area contributed by atoms with Gasteiger partial charge in [-0.3, -0.25) is 5.10 Å². The Hall–Kier alpha value is -3.35. The lowest BCUT2D eigenvalue weighted by molar-refractivity contribution is 0.863. The van der Waals surface area contributed by atoms with Gasteiger partial charge in [0.05, 0.1) is 23.0 Å². The number of hydrogen-bond acceptors (Lipinski definition) is 5. The predicted molar refractivity (Wildman–Crippen MR) is 106 cm³/mol. The SMILES string of the molecule is C[C@@H](Nc1ncc(-c2cc(C3CC3)n[nH]2)c(N)n1)c1ccc2[nH]ccc2c1. The summed E-state index contributed by atoms with van der Waals surface area (Å²) < 4.78 is 0. The molecule has 1 aliphatic carbocycles. The van der Waals surface area contributed by atoms with Crippen LogP contribution in [0.5, 0.6) is 0 Å². The Labute approximate surface area is 156 Å². The Morgan fingerprint density at radius 2 is 2.11 bits per heavy atom. The fourth-order valence-corrected chi connectivity index (χ4v) is 3.35. The molecule has 7 nitrogen and oxygen atoms in total. The maximum atomic E-state index is 6.19. The van der Waals surface area contributed by atoms with Crippen molar-refractivity contribution in [2.75, 3.05) is 11.1 Å². The highest BCUT2D eigenvalue weighted by Crippen LogP contribution is 2.40. The van der Waals surface area contributed by atoms with Crippen LogP contribution < -0.4 is 11.1 Å². The number of anilines is 2. The van der Waals surface area contributed by atoms with Crippen molar-refractivity contribution in [2.24, 2.45) is 0 Å². The third kappa shape index (κ3) is 3.01. The van der Waals surface area contributed by atoms with Crippen molar-refractivity contribution in [3.05, 3.63) is 54.0 Å². The summed E-state index contributed by atoms with van der Waals surface area (Å²) in [5.74, 6) is 1.54. The number of H-pyrrole nitrogens is 2. The smallest absolute Gasteiger partial charge is 0.225 e. The molecule has 0 amide bonds. The second kappa shape index (κ2) is 6.12. The molecule has 5 N–H and O–H groups in total. The van der Waals surface area contributed by atoms with Gasteiger partial charge in [0, 0.05) is 23.8 Å². The average Bonchev–Trinajstić information content (AvgIpc) is 3.21. The lowest BCUT2D eigenvalue weighted by atomic mass is 10.1. The molecule has 0 radical (unpaired) electrons. The summed E-state index contributed by atoms with van der Waals surface area (Å²) in [5.41, 5.74) is 11.2. The number of nitrogens with one attached hydrogen (secondary N) is 3. The molecule has 0 bridgehead atoms. The molecule has 0 aliphatic heterocycles. The third-order valence-corrected chi connectivity index (χ3v) is 5.12.